The first-order valence-electron chi connectivity index (χ1n) is 10.1. The number of pyridine rings is 1. The summed E-state index contributed by atoms with van der Waals surface area (Å²) in [5.41, 5.74) is 3.91. The normalized spacial score (nSPS) is 14.9. The minimum absolute atomic E-state index is 0.0249. The number of rotatable bonds is 5. The van der Waals surface area contributed by atoms with Crippen molar-refractivity contribution in [3.05, 3.63) is 70.5 Å². The van der Waals surface area contributed by atoms with Crippen LogP contribution in [0.1, 0.15) is 24.4 Å². The molecule has 0 saturated carbocycles. The zero-order valence-electron chi connectivity index (χ0n) is 16.6. The molecule has 4 aromatic rings. The molecule has 0 unspecified atom stereocenters. The van der Waals surface area contributed by atoms with E-state index < -0.39 is 5.82 Å². The molecule has 0 radical (unpaired) electrons. The van der Waals surface area contributed by atoms with Gasteiger partial charge in [-0.25, -0.2) is 4.39 Å². The van der Waals surface area contributed by atoms with Crippen molar-refractivity contribution >= 4 is 34.2 Å². The molecule has 6 nitrogen and oxygen atoms in total. The van der Waals surface area contributed by atoms with E-state index in [1.54, 1.807) is 10.9 Å². The molecule has 0 amide bonds. The molecular formula is C22H20Cl2FN5O. The van der Waals surface area contributed by atoms with E-state index in [-0.39, 0.29) is 11.6 Å². The molecule has 0 bridgehead atoms. The predicted molar refractivity (Wildman–Crippen MR) is 119 cm³/mol. The van der Waals surface area contributed by atoms with Crippen molar-refractivity contribution in [2.24, 2.45) is 0 Å². The Hall–Kier alpha value is -2.61. The molecule has 5 rings (SSSR count). The van der Waals surface area contributed by atoms with Crippen LogP contribution in [0.5, 0.6) is 0 Å². The maximum absolute atomic E-state index is 13.8. The summed E-state index contributed by atoms with van der Waals surface area (Å²) >= 11 is 12.2. The SMILES string of the molecule is Fc1ccc(Cl)c(COn2ccc3ncc(-c4cnn(C5CCNCC5)c4)cc32)c1Cl. The van der Waals surface area contributed by atoms with Gasteiger partial charge >= 0.3 is 0 Å². The molecule has 1 aliphatic heterocycles. The summed E-state index contributed by atoms with van der Waals surface area (Å²) in [5.74, 6) is -0.531. The second-order valence-corrected chi connectivity index (χ2v) is 8.34. The molecular weight excluding hydrogens is 440 g/mol. The third kappa shape index (κ3) is 4.01. The number of hydrogen-bond donors (Lipinski definition) is 1. The number of piperidine rings is 1. The predicted octanol–water partition coefficient (Wildman–Crippen LogP) is 4.90. The average Bonchev–Trinajstić information content (AvgIpc) is 3.44. The van der Waals surface area contributed by atoms with Crippen molar-refractivity contribution in [1.82, 2.24) is 24.8 Å². The van der Waals surface area contributed by atoms with Crippen LogP contribution in [0.4, 0.5) is 4.39 Å². The van der Waals surface area contributed by atoms with Crippen molar-refractivity contribution in [3.8, 4) is 11.1 Å². The first-order valence-corrected chi connectivity index (χ1v) is 10.8. The van der Waals surface area contributed by atoms with Crippen LogP contribution in [0.25, 0.3) is 22.2 Å². The van der Waals surface area contributed by atoms with Gasteiger partial charge in [0.05, 0.1) is 22.8 Å². The van der Waals surface area contributed by atoms with Crippen molar-refractivity contribution in [1.29, 1.82) is 0 Å². The standard InChI is InChI=1S/C22H20Cl2FN5O/c23-18-1-2-19(25)22(24)17(18)13-31-30-8-5-20-21(30)9-14(10-27-20)15-11-28-29(12-15)16-3-6-26-7-4-16/h1-2,5,8-12,16,26H,3-4,6-7,13H2. The lowest BCUT2D eigenvalue weighted by atomic mass is 10.1. The molecule has 1 aromatic carbocycles. The molecule has 1 fully saturated rings. The molecule has 4 heterocycles. The van der Waals surface area contributed by atoms with Crippen LogP contribution < -0.4 is 10.2 Å². The minimum atomic E-state index is -0.531. The summed E-state index contributed by atoms with van der Waals surface area (Å²) in [7, 11) is 0. The Labute approximate surface area is 188 Å². The van der Waals surface area contributed by atoms with Crippen LogP contribution in [0.15, 0.2) is 49.1 Å². The summed E-state index contributed by atoms with van der Waals surface area (Å²) in [4.78, 5) is 10.4. The zero-order chi connectivity index (χ0) is 21.4. The van der Waals surface area contributed by atoms with Crippen LogP contribution >= 0.6 is 23.2 Å². The molecule has 1 saturated heterocycles. The number of halogens is 3. The zero-order valence-corrected chi connectivity index (χ0v) is 18.1. The Morgan fingerprint density at radius 1 is 1.13 bits per heavy atom. The molecule has 0 spiro atoms. The number of nitrogens with zero attached hydrogens (tertiary/aromatic N) is 4. The second kappa shape index (κ2) is 8.49. The minimum Gasteiger partial charge on any atom is -0.409 e. The Balaban J connectivity index is 1.40. The van der Waals surface area contributed by atoms with E-state index in [9.17, 15) is 4.39 Å². The number of hydrogen-bond acceptors (Lipinski definition) is 4. The Morgan fingerprint density at radius 2 is 1.97 bits per heavy atom. The highest BCUT2D eigenvalue weighted by Gasteiger charge is 2.17. The Kier molecular flexibility index (Phi) is 5.56. The Morgan fingerprint density at radius 3 is 2.81 bits per heavy atom. The van der Waals surface area contributed by atoms with Gasteiger partial charge in [0.2, 0.25) is 0 Å². The van der Waals surface area contributed by atoms with Crippen molar-refractivity contribution in [3.63, 3.8) is 0 Å². The highest BCUT2D eigenvalue weighted by Crippen LogP contribution is 2.29. The lowest BCUT2D eigenvalue weighted by Crippen LogP contribution is -2.29. The molecule has 31 heavy (non-hydrogen) atoms. The summed E-state index contributed by atoms with van der Waals surface area (Å²) in [6, 6.07) is 6.97. The molecule has 0 aliphatic carbocycles. The largest absolute Gasteiger partial charge is 0.409 e. The maximum atomic E-state index is 13.8. The monoisotopic (exact) mass is 459 g/mol. The lowest BCUT2D eigenvalue weighted by Gasteiger charge is -2.22. The molecule has 3 aromatic heterocycles. The summed E-state index contributed by atoms with van der Waals surface area (Å²) in [5, 5.41) is 8.26. The topological polar surface area (TPSA) is 56.9 Å². The average molecular weight is 460 g/mol. The van der Waals surface area contributed by atoms with Crippen molar-refractivity contribution in [2.75, 3.05) is 13.1 Å². The van der Waals surface area contributed by atoms with Gasteiger partial charge in [0.25, 0.3) is 0 Å². The molecule has 1 N–H and O–H groups in total. The molecule has 1 aliphatic rings. The third-order valence-electron chi connectivity index (χ3n) is 5.61. The molecule has 0 atom stereocenters. The van der Waals surface area contributed by atoms with Gasteiger partial charge in [-0.2, -0.15) is 9.83 Å². The highest BCUT2D eigenvalue weighted by molar-refractivity contribution is 6.36. The number of nitrogens with one attached hydrogen (secondary N) is 1. The van der Waals surface area contributed by atoms with Gasteiger partial charge < -0.3 is 10.2 Å². The van der Waals surface area contributed by atoms with E-state index in [4.69, 9.17) is 28.0 Å². The van der Waals surface area contributed by atoms with Gasteiger partial charge in [-0.15, -0.1) is 0 Å². The van der Waals surface area contributed by atoms with E-state index in [2.05, 4.69) is 21.6 Å². The highest BCUT2D eigenvalue weighted by atomic mass is 35.5. The molecule has 9 heteroatoms. The quantitative estimate of drug-likeness (QED) is 0.431. The summed E-state index contributed by atoms with van der Waals surface area (Å²) in [6.07, 6.45) is 9.67. The van der Waals surface area contributed by atoms with Gasteiger partial charge in [-0.1, -0.05) is 23.2 Å². The first kappa shape index (κ1) is 20.3. The molecule has 160 valence electrons. The van der Waals surface area contributed by atoms with Gasteiger partial charge in [-0.05, 0) is 50.2 Å². The first-order chi connectivity index (χ1) is 15.1. The lowest BCUT2D eigenvalue weighted by molar-refractivity contribution is 0.107. The number of fused-ring (bicyclic) bond motifs is 1. The summed E-state index contributed by atoms with van der Waals surface area (Å²) < 4.78 is 17.4. The van der Waals surface area contributed by atoms with Crippen molar-refractivity contribution in [2.45, 2.75) is 25.5 Å². The van der Waals surface area contributed by atoms with Gasteiger partial charge in [-0.3, -0.25) is 9.67 Å². The van der Waals surface area contributed by atoms with Crippen LogP contribution in [-0.4, -0.2) is 32.6 Å². The maximum Gasteiger partial charge on any atom is 0.143 e. The third-order valence-corrected chi connectivity index (χ3v) is 6.37. The van der Waals surface area contributed by atoms with E-state index in [0.29, 0.717) is 16.6 Å². The Bertz CT molecular complexity index is 1230. The van der Waals surface area contributed by atoms with Crippen LogP contribution in [0.3, 0.4) is 0 Å². The van der Waals surface area contributed by atoms with E-state index in [1.165, 1.54) is 12.1 Å². The number of benzene rings is 1. The fraction of sp³-hybridized carbons (Fsp3) is 0.273. The fourth-order valence-corrected chi connectivity index (χ4v) is 4.33. The fourth-order valence-electron chi connectivity index (χ4n) is 3.85. The smallest absolute Gasteiger partial charge is 0.143 e. The number of aromatic nitrogens is 4. The van der Waals surface area contributed by atoms with Gasteiger partial charge in [0.1, 0.15) is 17.9 Å². The van der Waals surface area contributed by atoms with Crippen LogP contribution in [0, 0.1) is 5.82 Å². The van der Waals surface area contributed by atoms with Gasteiger partial charge in [0.15, 0.2) is 0 Å². The van der Waals surface area contributed by atoms with E-state index >= 15 is 0 Å². The van der Waals surface area contributed by atoms with E-state index in [1.807, 2.05) is 29.2 Å². The van der Waals surface area contributed by atoms with Crippen LogP contribution in [0.2, 0.25) is 10.0 Å². The van der Waals surface area contributed by atoms with E-state index in [0.717, 1.165) is 48.1 Å². The van der Waals surface area contributed by atoms with Crippen molar-refractivity contribution < 1.29 is 9.23 Å². The summed E-state index contributed by atoms with van der Waals surface area (Å²) in [6.45, 7) is 2.05. The van der Waals surface area contributed by atoms with Crippen LogP contribution in [-0.2, 0) is 6.61 Å². The van der Waals surface area contributed by atoms with Gasteiger partial charge in [0, 0.05) is 40.3 Å². The second-order valence-electron chi connectivity index (χ2n) is 7.56.